The Morgan fingerprint density at radius 2 is 1.79 bits per heavy atom. The van der Waals surface area contributed by atoms with E-state index in [1.54, 1.807) is 12.1 Å². The molecule has 1 aromatic heterocycles. The number of aromatic nitrogens is 2. The molecule has 3 rings (SSSR count). The van der Waals surface area contributed by atoms with Crippen LogP contribution in [0.2, 0.25) is 0 Å². The number of primary amides is 1. The predicted molar refractivity (Wildman–Crippen MR) is 125 cm³/mol. The minimum absolute atomic E-state index is 0.242. The van der Waals surface area contributed by atoms with Gasteiger partial charge < -0.3 is 15.8 Å². The van der Waals surface area contributed by atoms with Crippen LogP contribution in [-0.4, -0.2) is 36.4 Å². The van der Waals surface area contributed by atoms with Crippen molar-refractivity contribution in [2.45, 2.75) is 19.4 Å². The lowest BCUT2D eigenvalue weighted by Crippen LogP contribution is -2.31. The highest BCUT2D eigenvalue weighted by molar-refractivity contribution is 7.88. The number of hydrogen-bond donors (Lipinski definition) is 3. The van der Waals surface area contributed by atoms with Crippen molar-refractivity contribution in [1.29, 1.82) is 0 Å². The van der Waals surface area contributed by atoms with Crippen LogP contribution in [0.25, 0.3) is 11.4 Å². The first kappa shape index (κ1) is 24.0. The van der Waals surface area contributed by atoms with E-state index in [1.807, 2.05) is 30.3 Å². The van der Waals surface area contributed by atoms with Crippen LogP contribution >= 0.6 is 0 Å². The van der Waals surface area contributed by atoms with E-state index in [1.165, 1.54) is 28.5 Å². The fourth-order valence-corrected chi connectivity index (χ4v) is 3.46. The summed E-state index contributed by atoms with van der Waals surface area (Å²) in [7, 11) is -3.78. The van der Waals surface area contributed by atoms with Crippen LogP contribution in [0.1, 0.15) is 12.0 Å². The van der Waals surface area contributed by atoms with Crippen molar-refractivity contribution in [2.24, 2.45) is 10.9 Å². The first-order chi connectivity index (χ1) is 15.7. The third kappa shape index (κ3) is 7.16. The molecule has 0 aliphatic heterocycles. The van der Waals surface area contributed by atoms with E-state index in [4.69, 9.17) is 15.6 Å². The van der Waals surface area contributed by atoms with E-state index in [0.717, 1.165) is 12.8 Å². The Morgan fingerprint density at radius 3 is 2.42 bits per heavy atom. The van der Waals surface area contributed by atoms with Gasteiger partial charge >= 0.3 is 0 Å². The number of rotatable bonds is 11. The van der Waals surface area contributed by atoms with Crippen molar-refractivity contribution in [2.75, 3.05) is 17.8 Å². The summed E-state index contributed by atoms with van der Waals surface area (Å²) in [6, 6.07) is 16.2. The van der Waals surface area contributed by atoms with Crippen molar-refractivity contribution in [1.82, 2.24) is 9.55 Å². The average molecular weight is 472 g/mol. The molecule has 33 heavy (non-hydrogen) atoms. The van der Waals surface area contributed by atoms with Crippen molar-refractivity contribution in [3.63, 3.8) is 0 Å². The van der Waals surface area contributed by atoms with E-state index < -0.39 is 27.4 Å². The number of sulfonamides is 1. The van der Waals surface area contributed by atoms with Gasteiger partial charge in [0.05, 0.1) is 6.20 Å². The molecule has 2 aromatic carbocycles. The first-order valence-corrected chi connectivity index (χ1v) is 11.8. The molecular weight excluding hydrogens is 446 g/mol. The number of nitrogens with two attached hydrogens (primary N) is 2. The van der Waals surface area contributed by atoms with E-state index in [9.17, 15) is 18.0 Å². The van der Waals surface area contributed by atoms with Crippen molar-refractivity contribution in [3.05, 3.63) is 76.7 Å². The minimum Gasteiger partial charge on any atom is -0.476 e. The van der Waals surface area contributed by atoms with Gasteiger partial charge in [0.15, 0.2) is 0 Å². The number of nitrogens with zero attached hydrogens (tertiary/aromatic N) is 2. The number of carbonyl (C=O) groups excluding carboxylic acids is 1. The van der Waals surface area contributed by atoms with Crippen molar-refractivity contribution < 1.29 is 17.9 Å². The number of anilines is 1. The molecule has 0 unspecified atom stereocenters. The fourth-order valence-electron chi connectivity index (χ4n) is 3.16. The fraction of sp³-hybridized carbons (Fsp3) is 0.227. The summed E-state index contributed by atoms with van der Waals surface area (Å²) in [6.45, 7) is 0.211. The van der Waals surface area contributed by atoms with Gasteiger partial charge in [0, 0.05) is 12.1 Å². The monoisotopic (exact) mass is 471 g/mol. The lowest BCUT2D eigenvalue weighted by Gasteiger charge is -2.14. The Balaban J connectivity index is 1.76. The van der Waals surface area contributed by atoms with E-state index in [-0.39, 0.29) is 23.8 Å². The molecule has 0 saturated carbocycles. The van der Waals surface area contributed by atoms with E-state index in [2.05, 4.69) is 10.3 Å². The third-order valence-corrected chi connectivity index (χ3v) is 5.11. The van der Waals surface area contributed by atoms with Crippen LogP contribution in [0.3, 0.4) is 0 Å². The van der Waals surface area contributed by atoms with E-state index >= 15 is 0 Å². The standard InChI is InChI=1S/C22H25N5O5S/c23-20(28)14-27-21(17-8-10-18(11-9-17)32-15-33(24,30)31)26-13-19(22(27)29)25-12-4-7-16-5-2-1-3-6-16/h1-3,5-6,8-11,13,25H,4,7,12,14-15H2,(H2,23,28)(H2,24,30,31). The molecule has 0 aliphatic rings. The highest BCUT2D eigenvalue weighted by Crippen LogP contribution is 2.21. The van der Waals surface area contributed by atoms with Crippen molar-refractivity contribution in [3.8, 4) is 17.1 Å². The Hall–Kier alpha value is -3.70. The SMILES string of the molecule is NC(=O)Cn1c(-c2ccc(OCS(N)(=O)=O)cc2)ncc(NCCCc2ccccc2)c1=O. The van der Waals surface area contributed by atoms with Crippen LogP contribution in [0, 0.1) is 0 Å². The zero-order valence-corrected chi connectivity index (χ0v) is 18.6. The molecule has 1 amide bonds. The maximum absolute atomic E-state index is 13.0. The molecule has 174 valence electrons. The molecule has 11 heteroatoms. The van der Waals surface area contributed by atoms with Crippen molar-refractivity contribution >= 4 is 21.6 Å². The molecule has 10 nitrogen and oxygen atoms in total. The second kappa shape index (κ2) is 10.7. The summed E-state index contributed by atoms with van der Waals surface area (Å²) < 4.78 is 28.4. The largest absolute Gasteiger partial charge is 0.476 e. The predicted octanol–water partition coefficient (Wildman–Crippen LogP) is 1.07. The van der Waals surface area contributed by atoms with Gasteiger partial charge in [0.25, 0.3) is 5.56 Å². The second-order valence-electron chi connectivity index (χ2n) is 7.32. The summed E-state index contributed by atoms with van der Waals surface area (Å²) in [5.41, 5.74) is 6.91. The van der Waals surface area contributed by atoms with Gasteiger partial charge in [-0.1, -0.05) is 30.3 Å². The summed E-state index contributed by atoms with van der Waals surface area (Å²) in [4.78, 5) is 28.9. The second-order valence-corrected chi connectivity index (χ2v) is 8.88. The zero-order valence-electron chi connectivity index (χ0n) is 17.8. The molecule has 1 heterocycles. The van der Waals surface area contributed by atoms with Crippen LogP contribution in [-0.2, 0) is 27.8 Å². The van der Waals surface area contributed by atoms with Crippen LogP contribution in [0.4, 0.5) is 5.69 Å². The van der Waals surface area contributed by atoms with Gasteiger partial charge in [0.2, 0.25) is 21.9 Å². The molecule has 0 fully saturated rings. The van der Waals surface area contributed by atoms with E-state index in [0.29, 0.717) is 12.1 Å². The Kier molecular flexibility index (Phi) is 7.80. The highest BCUT2D eigenvalue weighted by atomic mass is 32.2. The van der Waals surface area contributed by atoms with Gasteiger partial charge in [-0.25, -0.2) is 18.5 Å². The summed E-state index contributed by atoms with van der Waals surface area (Å²) in [6.07, 6.45) is 3.08. The molecule has 3 aromatic rings. The molecule has 0 atom stereocenters. The molecule has 0 bridgehead atoms. The van der Waals surface area contributed by atoms with Crippen LogP contribution < -0.4 is 26.5 Å². The number of aryl methyl sites for hydroxylation is 1. The molecule has 5 N–H and O–H groups in total. The third-order valence-electron chi connectivity index (χ3n) is 4.66. The quantitative estimate of drug-likeness (QED) is 0.353. The smallest absolute Gasteiger partial charge is 0.277 e. The number of primary sulfonamides is 1. The number of carbonyl (C=O) groups is 1. The Labute approximate surface area is 191 Å². The minimum atomic E-state index is -3.78. The Bertz CT molecular complexity index is 1260. The molecule has 0 radical (unpaired) electrons. The lowest BCUT2D eigenvalue weighted by atomic mass is 10.1. The number of nitrogens with one attached hydrogen (secondary N) is 1. The van der Waals surface area contributed by atoms with Crippen LogP contribution in [0.5, 0.6) is 5.75 Å². The number of amides is 1. The Morgan fingerprint density at radius 1 is 1.09 bits per heavy atom. The number of benzene rings is 2. The first-order valence-electron chi connectivity index (χ1n) is 10.1. The van der Waals surface area contributed by atoms with Gasteiger partial charge in [-0.15, -0.1) is 0 Å². The molecule has 0 aliphatic carbocycles. The normalized spacial score (nSPS) is 11.2. The number of hydrogen-bond acceptors (Lipinski definition) is 7. The lowest BCUT2D eigenvalue weighted by molar-refractivity contribution is -0.118. The van der Waals surface area contributed by atoms with Gasteiger partial charge in [-0.2, -0.15) is 0 Å². The van der Waals surface area contributed by atoms with Gasteiger partial charge in [0.1, 0.15) is 23.8 Å². The van der Waals surface area contributed by atoms with Gasteiger partial charge in [-0.05, 0) is 42.7 Å². The summed E-state index contributed by atoms with van der Waals surface area (Å²) >= 11 is 0. The molecule has 0 spiro atoms. The summed E-state index contributed by atoms with van der Waals surface area (Å²) in [5.74, 6) is -0.837. The highest BCUT2D eigenvalue weighted by Gasteiger charge is 2.14. The maximum Gasteiger partial charge on any atom is 0.277 e. The maximum atomic E-state index is 13.0. The number of ether oxygens (including phenoxy) is 1. The molecular formula is C22H25N5O5S. The molecule has 0 saturated heterocycles. The van der Waals surface area contributed by atoms with Crippen LogP contribution in [0.15, 0.2) is 65.6 Å². The zero-order chi connectivity index (χ0) is 23.8. The topological polar surface area (TPSA) is 159 Å². The average Bonchev–Trinajstić information content (AvgIpc) is 2.78. The summed E-state index contributed by atoms with van der Waals surface area (Å²) in [5, 5.41) is 8.00. The van der Waals surface area contributed by atoms with Gasteiger partial charge in [-0.3, -0.25) is 14.2 Å².